The molecule has 1 aromatic heterocycles. The quantitative estimate of drug-likeness (QED) is 0.262. The molecule has 0 saturated heterocycles. The number of ether oxygens (including phenoxy) is 1. The van der Waals surface area contributed by atoms with Gasteiger partial charge in [-0.05, 0) is 43.3 Å². The number of para-hydroxylation sites is 3. The van der Waals surface area contributed by atoms with Crippen molar-refractivity contribution in [2.24, 2.45) is 0 Å². The van der Waals surface area contributed by atoms with Gasteiger partial charge in [0.2, 0.25) is 5.91 Å². The highest BCUT2D eigenvalue weighted by atomic mass is 32.2. The molecule has 1 amide bonds. The average Bonchev–Trinajstić information content (AvgIpc) is 2.86. The summed E-state index contributed by atoms with van der Waals surface area (Å²) in [7, 11) is 1.61. The molecule has 1 atom stereocenters. The molecule has 0 N–H and O–H groups in total. The molecule has 2 heterocycles. The highest BCUT2D eigenvalue weighted by Gasteiger charge is 2.28. The van der Waals surface area contributed by atoms with E-state index in [4.69, 9.17) is 9.72 Å². The predicted molar refractivity (Wildman–Crippen MR) is 137 cm³/mol. The minimum absolute atomic E-state index is 0.0708. The number of carbonyl (C=O) groups excluding carboxylic acids is 1. The number of anilines is 2. The van der Waals surface area contributed by atoms with Crippen LogP contribution in [0.5, 0.6) is 0 Å². The number of thioether (sulfide) groups is 1. The number of carbonyl (C=O) groups is 1. The van der Waals surface area contributed by atoms with Crippen LogP contribution in [0.15, 0.2) is 92.5 Å². The molecule has 5 rings (SSSR count). The molecule has 4 aromatic rings. The maximum absolute atomic E-state index is 13.6. The Morgan fingerprint density at radius 2 is 1.62 bits per heavy atom. The van der Waals surface area contributed by atoms with Gasteiger partial charge < -0.3 is 4.74 Å². The Labute approximate surface area is 206 Å². The second-order valence-electron chi connectivity index (χ2n) is 7.95. The van der Waals surface area contributed by atoms with Gasteiger partial charge in [-0.3, -0.25) is 19.1 Å². The Morgan fingerprint density at radius 1 is 1.00 bits per heavy atom. The lowest BCUT2D eigenvalue weighted by Crippen LogP contribution is -2.31. The van der Waals surface area contributed by atoms with Crippen molar-refractivity contribution < 1.29 is 9.53 Å². The third-order valence-electron chi connectivity index (χ3n) is 5.63. The second kappa shape index (κ2) is 9.66. The Balaban J connectivity index is 1.51. The first-order valence-corrected chi connectivity index (χ1v) is 12.7. The zero-order valence-corrected chi connectivity index (χ0v) is 20.4. The lowest BCUT2D eigenvalue weighted by atomic mass is 10.2. The summed E-state index contributed by atoms with van der Waals surface area (Å²) in [5, 5.41) is 1.06. The summed E-state index contributed by atoms with van der Waals surface area (Å²) < 4.78 is 6.94. The first-order chi connectivity index (χ1) is 16.6. The first kappa shape index (κ1) is 22.7. The van der Waals surface area contributed by atoms with Crippen LogP contribution in [0.25, 0.3) is 10.9 Å². The lowest BCUT2D eigenvalue weighted by molar-refractivity contribution is -0.115. The number of rotatable bonds is 6. The van der Waals surface area contributed by atoms with E-state index >= 15 is 0 Å². The third kappa shape index (κ3) is 4.13. The fourth-order valence-electron chi connectivity index (χ4n) is 4.10. The van der Waals surface area contributed by atoms with Crippen LogP contribution in [0.1, 0.15) is 13.0 Å². The van der Waals surface area contributed by atoms with Gasteiger partial charge in [-0.25, -0.2) is 4.98 Å². The van der Waals surface area contributed by atoms with Gasteiger partial charge in [0.1, 0.15) is 0 Å². The SMILES string of the molecule is COCC(C)n1c(SCC(=O)N2c3ccccc3Sc3ccccc32)nc2ccccc2c1=O. The van der Waals surface area contributed by atoms with Gasteiger partial charge >= 0.3 is 0 Å². The summed E-state index contributed by atoms with van der Waals surface area (Å²) in [6, 6.07) is 22.9. The van der Waals surface area contributed by atoms with Gasteiger partial charge in [-0.15, -0.1) is 0 Å². The molecule has 1 unspecified atom stereocenters. The number of amides is 1. The highest BCUT2D eigenvalue weighted by molar-refractivity contribution is 8.00. The number of benzene rings is 3. The molecule has 1 aliphatic rings. The van der Waals surface area contributed by atoms with E-state index in [-0.39, 0.29) is 23.3 Å². The molecule has 0 fully saturated rings. The minimum atomic E-state index is -0.222. The zero-order valence-electron chi connectivity index (χ0n) is 18.8. The molecular formula is C26H23N3O3S2. The number of methoxy groups -OCH3 is 1. The van der Waals surface area contributed by atoms with E-state index < -0.39 is 0 Å². The van der Waals surface area contributed by atoms with Gasteiger partial charge in [0, 0.05) is 16.9 Å². The number of hydrogen-bond donors (Lipinski definition) is 0. The van der Waals surface area contributed by atoms with Crippen LogP contribution in [0.2, 0.25) is 0 Å². The Bertz CT molecular complexity index is 1390. The summed E-state index contributed by atoms with van der Waals surface area (Å²) in [4.78, 5) is 35.5. The second-order valence-corrected chi connectivity index (χ2v) is 9.97. The van der Waals surface area contributed by atoms with Crippen LogP contribution in [0.4, 0.5) is 11.4 Å². The molecule has 0 spiro atoms. The van der Waals surface area contributed by atoms with Crippen molar-refractivity contribution >= 4 is 51.7 Å². The number of fused-ring (bicyclic) bond motifs is 3. The Hall–Kier alpha value is -3.07. The van der Waals surface area contributed by atoms with Gasteiger partial charge in [-0.2, -0.15) is 0 Å². The normalized spacial score (nSPS) is 13.4. The molecule has 172 valence electrons. The van der Waals surface area contributed by atoms with Gasteiger partial charge in [-0.1, -0.05) is 59.9 Å². The molecule has 1 aliphatic heterocycles. The fraction of sp³-hybridized carbons (Fsp3) is 0.192. The van der Waals surface area contributed by atoms with E-state index in [9.17, 15) is 9.59 Å². The molecular weight excluding hydrogens is 466 g/mol. The van der Waals surface area contributed by atoms with Crippen molar-refractivity contribution in [1.29, 1.82) is 0 Å². The first-order valence-electron chi connectivity index (χ1n) is 10.9. The molecule has 34 heavy (non-hydrogen) atoms. The topological polar surface area (TPSA) is 64.4 Å². The van der Waals surface area contributed by atoms with Gasteiger partial charge in [0.05, 0.1) is 40.7 Å². The van der Waals surface area contributed by atoms with Gasteiger partial charge in [0.25, 0.3) is 5.56 Å². The number of aromatic nitrogens is 2. The predicted octanol–water partition coefficient (Wildman–Crippen LogP) is 5.53. The molecule has 0 bridgehead atoms. The van der Waals surface area contributed by atoms with Crippen molar-refractivity contribution in [2.75, 3.05) is 24.4 Å². The van der Waals surface area contributed by atoms with Crippen LogP contribution < -0.4 is 10.5 Å². The van der Waals surface area contributed by atoms with E-state index in [0.29, 0.717) is 22.7 Å². The number of nitrogens with zero attached hydrogens (tertiary/aromatic N) is 3. The van der Waals surface area contributed by atoms with Crippen LogP contribution in [0, 0.1) is 0 Å². The zero-order chi connectivity index (χ0) is 23.7. The van der Waals surface area contributed by atoms with Crippen molar-refractivity contribution in [3.8, 4) is 0 Å². The summed E-state index contributed by atoms with van der Waals surface area (Å²) in [5.41, 5.74) is 2.23. The minimum Gasteiger partial charge on any atom is -0.383 e. The Kier molecular flexibility index (Phi) is 6.45. The summed E-state index contributed by atoms with van der Waals surface area (Å²) >= 11 is 2.94. The fourth-order valence-corrected chi connectivity index (χ4v) is 6.10. The van der Waals surface area contributed by atoms with Crippen LogP contribution in [-0.4, -0.2) is 34.9 Å². The van der Waals surface area contributed by atoms with Gasteiger partial charge in [0.15, 0.2) is 5.16 Å². The van der Waals surface area contributed by atoms with E-state index in [1.54, 1.807) is 34.4 Å². The van der Waals surface area contributed by atoms with Crippen molar-refractivity contribution in [3.05, 3.63) is 83.2 Å². The molecule has 0 radical (unpaired) electrons. The maximum atomic E-state index is 13.6. The lowest BCUT2D eigenvalue weighted by Gasteiger charge is -2.31. The molecule has 0 aliphatic carbocycles. The average molecular weight is 490 g/mol. The van der Waals surface area contributed by atoms with Crippen LogP contribution >= 0.6 is 23.5 Å². The summed E-state index contributed by atoms with van der Waals surface area (Å²) in [6.45, 7) is 2.28. The molecule has 8 heteroatoms. The molecule has 6 nitrogen and oxygen atoms in total. The van der Waals surface area contributed by atoms with E-state index in [1.807, 2.05) is 73.7 Å². The third-order valence-corrected chi connectivity index (χ3v) is 7.70. The summed E-state index contributed by atoms with van der Waals surface area (Å²) in [6.07, 6.45) is 0. The monoisotopic (exact) mass is 489 g/mol. The molecule has 0 saturated carbocycles. The molecule has 3 aromatic carbocycles. The number of hydrogen-bond acceptors (Lipinski definition) is 6. The standard InChI is InChI=1S/C26H23N3O3S2/c1-17(15-32-2)28-25(31)18-9-3-4-10-19(18)27-26(28)33-16-24(30)29-20-11-5-7-13-22(20)34-23-14-8-6-12-21(23)29/h3-14,17H,15-16H2,1-2H3. The van der Waals surface area contributed by atoms with E-state index in [2.05, 4.69) is 0 Å². The Morgan fingerprint density at radius 3 is 2.29 bits per heavy atom. The van der Waals surface area contributed by atoms with Crippen LogP contribution in [0.3, 0.4) is 0 Å². The van der Waals surface area contributed by atoms with Crippen molar-refractivity contribution in [1.82, 2.24) is 9.55 Å². The van der Waals surface area contributed by atoms with E-state index in [0.717, 1.165) is 21.2 Å². The maximum Gasteiger partial charge on any atom is 0.262 e. The smallest absolute Gasteiger partial charge is 0.262 e. The highest BCUT2D eigenvalue weighted by Crippen LogP contribution is 2.48. The largest absolute Gasteiger partial charge is 0.383 e. The van der Waals surface area contributed by atoms with Crippen LogP contribution in [-0.2, 0) is 9.53 Å². The van der Waals surface area contributed by atoms with E-state index in [1.165, 1.54) is 11.8 Å². The summed E-state index contributed by atoms with van der Waals surface area (Å²) in [5.74, 6) is 0.0659. The van der Waals surface area contributed by atoms with Crippen molar-refractivity contribution in [2.45, 2.75) is 27.9 Å². The van der Waals surface area contributed by atoms with Crippen molar-refractivity contribution in [3.63, 3.8) is 0 Å².